The van der Waals surface area contributed by atoms with E-state index in [1.54, 1.807) is 18.2 Å². The Balaban J connectivity index is 2.10. The molecule has 2 rings (SSSR count). The van der Waals surface area contributed by atoms with Gasteiger partial charge in [-0.05, 0) is 23.8 Å². The Morgan fingerprint density at radius 1 is 1.26 bits per heavy atom. The van der Waals surface area contributed by atoms with Crippen LogP contribution in [0.1, 0.15) is 5.56 Å². The molecule has 0 saturated carbocycles. The minimum Gasteiger partial charge on any atom is -0.379 e. The van der Waals surface area contributed by atoms with Crippen molar-refractivity contribution in [3.8, 4) is 0 Å². The summed E-state index contributed by atoms with van der Waals surface area (Å²) in [5.41, 5.74) is 0.835. The molecule has 1 N–H and O–H groups in total. The lowest BCUT2D eigenvalue weighted by Crippen LogP contribution is -2.02. The summed E-state index contributed by atoms with van der Waals surface area (Å²) in [6.07, 6.45) is 0. The highest BCUT2D eigenvalue weighted by Gasteiger charge is 2.10. The summed E-state index contributed by atoms with van der Waals surface area (Å²) in [6, 6.07) is 10.6. The number of hydrogen-bond acceptors (Lipinski definition) is 3. The van der Waals surface area contributed by atoms with Gasteiger partial charge in [0.1, 0.15) is 0 Å². The molecule has 2 aromatic rings. The number of hydrogen-bond donors (Lipinski definition) is 1. The van der Waals surface area contributed by atoms with Gasteiger partial charge in [-0.2, -0.15) is 0 Å². The minimum absolute atomic E-state index is 0.213. The maximum atomic E-state index is 13.6. The van der Waals surface area contributed by atoms with Crippen molar-refractivity contribution < 1.29 is 9.31 Å². The van der Waals surface area contributed by atoms with Gasteiger partial charge in [0.25, 0.3) is 5.69 Å². The first-order chi connectivity index (χ1) is 9.06. The number of non-ortho nitro benzene ring substituents is 1. The van der Waals surface area contributed by atoms with E-state index in [9.17, 15) is 14.5 Å². The average Bonchev–Trinajstić information content (AvgIpc) is 2.37. The number of nitrogens with zero attached hydrogens (tertiary/aromatic N) is 1. The fraction of sp³-hybridized carbons (Fsp3) is 0.0769. The zero-order chi connectivity index (χ0) is 13.8. The molecule has 19 heavy (non-hydrogen) atoms. The van der Waals surface area contributed by atoms with Gasteiger partial charge < -0.3 is 5.32 Å². The number of halogens is 2. The third-order valence-electron chi connectivity index (χ3n) is 2.54. The van der Waals surface area contributed by atoms with E-state index in [-0.39, 0.29) is 11.4 Å². The van der Waals surface area contributed by atoms with Crippen LogP contribution in [0.5, 0.6) is 0 Å². The van der Waals surface area contributed by atoms with Crippen molar-refractivity contribution in [2.24, 2.45) is 0 Å². The van der Waals surface area contributed by atoms with Crippen LogP contribution in [0.3, 0.4) is 0 Å². The lowest BCUT2D eigenvalue weighted by atomic mass is 10.2. The Hall–Kier alpha value is -2.14. The highest BCUT2D eigenvalue weighted by atomic mass is 35.5. The second kappa shape index (κ2) is 5.67. The summed E-state index contributed by atoms with van der Waals surface area (Å²) in [4.78, 5) is 9.85. The van der Waals surface area contributed by atoms with E-state index in [4.69, 9.17) is 11.6 Å². The molecule has 0 radical (unpaired) electrons. The van der Waals surface area contributed by atoms with E-state index in [2.05, 4.69) is 5.32 Å². The number of nitro benzene ring substituents is 1. The molecular formula is C13H10ClFN2O2. The van der Waals surface area contributed by atoms with Gasteiger partial charge in [0.15, 0.2) is 5.82 Å². The predicted octanol–water partition coefficient (Wildman–Crippen LogP) is 4.00. The fourth-order valence-corrected chi connectivity index (χ4v) is 1.82. The van der Waals surface area contributed by atoms with Crippen molar-refractivity contribution >= 4 is 23.0 Å². The highest BCUT2D eigenvalue weighted by molar-refractivity contribution is 6.30. The van der Waals surface area contributed by atoms with Crippen molar-refractivity contribution in [1.29, 1.82) is 0 Å². The van der Waals surface area contributed by atoms with Gasteiger partial charge in [-0.15, -0.1) is 0 Å². The van der Waals surface area contributed by atoms with E-state index < -0.39 is 10.7 Å². The summed E-state index contributed by atoms with van der Waals surface area (Å²) in [7, 11) is 0. The van der Waals surface area contributed by atoms with Crippen LogP contribution in [-0.4, -0.2) is 4.92 Å². The number of anilines is 1. The van der Waals surface area contributed by atoms with Crippen LogP contribution >= 0.6 is 11.6 Å². The molecule has 0 aliphatic rings. The number of benzene rings is 2. The first-order valence-electron chi connectivity index (χ1n) is 5.48. The van der Waals surface area contributed by atoms with E-state index in [0.29, 0.717) is 11.6 Å². The van der Waals surface area contributed by atoms with Crippen molar-refractivity contribution in [2.75, 3.05) is 5.32 Å². The molecule has 0 saturated heterocycles. The third-order valence-corrected chi connectivity index (χ3v) is 2.77. The smallest absolute Gasteiger partial charge is 0.272 e. The maximum absolute atomic E-state index is 13.6. The SMILES string of the molecule is O=[N+]([O-])c1ccc(NCc2cccc(Cl)c2)c(F)c1. The van der Waals surface area contributed by atoms with Crippen LogP contribution in [0.2, 0.25) is 5.02 Å². The largest absolute Gasteiger partial charge is 0.379 e. The van der Waals surface area contributed by atoms with Gasteiger partial charge in [-0.1, -0.05) is 23.7 Å². The zero-order valence-electron chi connectivity index (χ0n) is 9.77. The molecule has 0 spiro atoms. The lowest BCUT2D eigenvalue weighted by Gasteiger charge is -2.07. The van der Waals surface area contributed by atoms with Crippen LogP contribution in [0.25, 0.3) is 0 Å². The molecular weight excluding hydrogens is 271 g/mol. The molecule has 0 heterocycles. The van der Waals surface area contributed by atoms with Crippen molar-refractivity contribution in [3.63, 3.8) is 0 Å². The topological polar surface area (TPSA) is 55.2 Å². The molecule has 4 nitrogen and oxygen atoms in total. The average molecular weight is 281 g/mol. The Morgan fingerprint density at radius 3 is 2.68 bits per heavy atom. The zero-order valence-corrected chi connectivity index (χ0v) is 10.5. The predicted molar refractivity (Wildman–Crippen MR) is 71.8 cm³/mol. The van der Waals surface area contributed by atoms with E-state index in [1.807, 2.05) is 6.07 Å². The molecule has 0 fully saturated rings. The first kappa shape index (κ1) is 13.3. The Bertz CT molecular complexity index is 619. The van der Waals surface area contributed by atoms with Crippen LogP contribution in [-0.2, 0) is 6.54 Å². The third kappa shape index (κ3) is 3.42. The molecule has 0 aromatic heterocycles. The highest BCUT2D eigenvalue weighted by Crippen LogP contribution is 2.21. The number of rotatable bonds is 4. The molecule has 98 valence electrons. The molecule has 6 heteroatoms. The molecule has 2 aromatic carbocycles. The van der Waals surface area contributed by atoms with Crippen molar-refractivity contribution in [3.05, 3.63) is 69.0 Å². The van der Waals surface area contributed by atoms with Gasteiger partial charge in [0.2, 0.25) is 0 Å². The Morgan fingerprint density at radius 2 is 2.05 bits per heavy atom. The monoisotopic (exact) mass is 280 g/mol. The van der Waals surface area contributed by atoms with Gasteiger partial charge in [0.05, 0.1) is 16.7 Å². The van der Waals surface area contributed by atoms with E-state index in [0.717, 1.165) is 11.6 Å². The standard InChI is InChI=1S/C13H10ClFN2O2/c14-10-3-1-2-9(6-10)8-16-13-5-4-11(17(18)19)7-12(13)15/h1-7,16H,8H2. The van der Waals surface area contributed by atoms with Gasteiger partial charge >= 0.3 is 0 Å². The van der Waals surface area contributed by atoms with Crippen LogP contribution in [0.15, 0.2) is 42.5 Å². The fourth-order valence-electron chi connectivity index (χ4n) is 1.61. The van der Waals surface area contributed by atoms with E-state index >= 15 is 0 Å². The van der Waals surface area contributed by atoms with Gasteiger partial charge in [0, 0.05) is 17.6 Å². The van der Waals surface area contributed by atoms with Crippen LogP contribution in [0.4, 0.5) is 15.8 Å². The minimum atomic E-state index is -0.656. The molecule has 0 amide bonds. The van der Waals surface area contributed by atoms with Crippen molar-refractivity contribution in [1.82, 2.24) is 0 Å². The molecule has 0 aliphatic heterocycles. The van der Waals surface area contributed by atoms with Crippen LogP contribution in [0, 0.1) is 15.9 Å². The van der Waals surface area contributed by atoms with Gasteiger partial charge in [-0.25, -0.2) is 4.39 Å². The summed E-state index contributed by atoms with van der Waals surface area (Å²) < 4.78 is 13.6. The Labute approximate surface area is 114 Å². The van der Waals surface area contributed by atoms with E-state index in [1.165, 1.54) is 12.1 Å². The first-order valence-corrected chi connectivity index (χ1v) is 5.86. The second-order valence-corrected chi connectivity index (χ2v) is 4.34. The molecule has 0 aliphatic carbocycles. The number of nitro groups is 1. The summed E-state index contributed by atoms with van der Waals surface area (Å²) in [6.45, 7) is 0.384. The lowest BCUT2D eigenvalue weighted by molar-refractivity contribution is -0.385. The van der Waals surface area contributed by atoms with Crippen LogP contribution < -0.4 is 5.32 Å². The van der Waals surface area contributed by atoms with Crippen molar-refractivity contribution in [2.45, 2.75) is 6.54 Å². The maximum Gasteiger partial charge on any atom is 0.272 e. The number of nitrogens with one attached hydrogen (secondary N) is 1. The second-order valence-electron chi connectivity index (χ2n) is 3.90. The van der Waals surface area contributed by atoms with Gasteiger partial charge in [-0.3, -0.25) is 10.1 Å². The Kier molecular flexibility index (Phi) is 3.97. The summed E-state index contributed by atoms with van der Waals surface area (Å²) >= 11 is 5.84. The molecule has 0 atom stereocenters. The molecule has 0 unspecified atom stereocenters. The summed E-state index contributed by atoms with van der Waals surface area (Å²) in [5, 5.41) is 14.0. The quantitative estimate of drug-likeness (QED) is 0.680. The normalized spacial score (nSPS) is 10.2. The molecule has 0 bridgehead atoms. The summed E-state index contributed by atoms with van der Waals surface area (Å²) in [5.74, 6) is -0.656.